The van der Waals surface area contributed by atoms with Crippen molar-refractivity contribution in [2.24, 2.45) is 0 Å². The third-order valence-electron chi connectivity index (χ3n) is 2.47. The third-order valence-corrected chi connectivity index (χ3v) is 2.47. The van der Waals surface area contributed by atoms with Crippen LogP contribution in [0.15, 0.2) is 12.4 Å². The van der Waals surface area contributed by atoms with Gasteiger partial charge in [-0.2, -0.15) is 4.98 Å². The summed E-state index contributed by atoms with van der Waals surface area (Å²) in [5.74, 6) is 1.39. The van der Waals surface area contributed by atoms with Gasteiger partial charge in [-0.05, 0) is 19.4 Å². The molecule has 0 aliphatic carbocycles. The maximum atomic E-state index is 5.72. The summed E-state index contributed by atoms with van der Waals surface area (Å²) in [6.45, 7) is 4.94. The van der Waals surface area contributed by atoms with Gasteiger partial charge < -0.3 is 15.4 Å². The molecule has 2 heterocycles. The van der Waals surface area contributed by atoms with Crippen LogP contribution in [0, 0.1) is 0 Å². The fourth-order valence-electron chi connectivity index (χ4n) is 1.64. The normalized spacial score (nSPS) is 19.7. The van der Waals surface area contributed by atoms with Crippen LogP contribution in [0.1, 0.15) is 19.8 Å². The molecule has 5 heteroatoms. The van der Waals surface area contributed by atoms with Crippen molar-refractivity contribution in [2.45, 2.75) is 25.9 Å². The van der Waals surface area contributed by atoms with E-state index in [0.29, 0.717) is 5.88 Å². The van der Waals surface area contributed by atoms with E-state index in [2.05, 4.69) is 27.5 Å². The molecule has 2 N–H and O–H groups in total. The average molecular weight is 222 g/mol. The predicted molar refractivity (Wildman–Crippen MR) is 62.7 cm³/mol. The summed E-state index contributed by atoms with van der Waals surface area (Å²) < 4.78 is 5.72. The fourth-order valence-corrected chi connectivity index (χ4v) is 1.64. The molecular formula is C11H18N4O. The highest BCUT2D eigenvalue weighted by molar-refractivity contribution is 5.33. The third kappa shape index (κ3) is 3.06. The molecule has 5 nitrogen and oxygen atoms in total. The maximum absolute atomic E-state index is 5.72. The molecule has 1 atom stereocenters. The van der Waals surface area contributed by atoms with Gasteiger partial charge in [-0.15, -0.1) is 0 Å². The van der Waals surface area contributed by atoms with E-state index in [-0.39, 0.29) is 6.10 Å². The van der Waals surface area contributed by atoms with E-state index < -0.39 is 0 Å². The van der Waals surface area contributed by atoms with Gasteiger partial charge in [0.2, 0.25) is 5.88 Å². The minimum absolute atomic E-state index is 0.232. The van der Waals surface area contributed by atoms with Crippen LogP contribution in [0.3, 0.4) is 0 Å². The highest BCUT2D eigenvalue weighted by Crippen LogP contribution is 2.13. The highest BCUT2D eigenvalue weighted by atomic mass is 16.5. The molecule has 2 rings (SSSR count). The van der Waals surface area contributed by atoms with Crippen LogP contribution in [-0.4, -0.2) is 35.7 Å². The molecule has 1 aromatic heterocycles. The lowest BCUT2D eigenvalue weighted by Crippen LogP contribution is -2.20. The molecule has 0 aromatic carbocycles. The molecule has 0 radical (unpaired) electrons. The quantitative estimate of drug-likeness (QED) is 0.779. The lowest BCUT2D eigenvalue weighted by Gasteiger charge is -2.11. The van der Waals surface area contributed by atoms with Crippen LogP contribution >= 0.6 is 0 Å². The standard InChI is InChI=1S/C11H18N4O/c1-2-4-14-10-7-13-8-11(15-10)16-9-3-5-12-6-9/h7-9,12H,2-6H2,1H3,(H,14,15). The summed E-state index contributed by atoms with van der Waals surface area (Å²) >= 11 is 0. The smallest absolute Gasteiger partial charge is 0.234 e. The fraction of sp³-hybridized carbons (Fsp3) is 0.636. The van der Waals surface area contributed by atoms with E-state index in [1.165, 1.54) is 0 Å². The number of nitrogens with zero attached hydrogens (tertiary/aromatic N) is 2. The zero-order chi connectivity index (χ0) is 11.2. The first-order valence-corrected chi connectivity index (χ1v) is 5.82. The van der Waals surface area contributed by atoms with Crippen LogP contribution in [0.25, 0.3) is 0 Å². The summed E-state index contributed by atoms with van der Waals surface area (Å²) in [4.78, 5) is 8.46. The Hall–Kier alpha value is -1.36. The van der Waals surface area contributed by atoms with Crippen molar-refractivity contribution in [1.82, 2.24) is 15.3 Å². The van der Waals surface area contributed by atoms with Crippen LogP contribution in [-0.2, 0) is 0 Å². The van der Waals surface area contributed by atoms with Gasteiger partial charge in [0.15, 0.2) is 0 Å². The van der Waals surface area contributed by atoms with E-state index in [9.17, 15) is 0 Å². The summed E-state index contributed by atoms with van der Waals surface area (Å²) in [7, 11) is 0. The van der Waals surface area contributed by atoms with Crippen molar-refractivity contribution in [3.8, 4) is 5.88 Å². The van der Waals surface area contributed by atoms with Gasteiger partial charge >= 0.3 is 0 Å². The van der Waals surface area contributed by atoms with Crippen molar-refractivity contribution in [1.29, 1.82) is 0 Å². The van der Waals surface area contributed by atoms with Gasteiger partial charge in [0.25, 0.3) is 0 Å². The molecule has 1 unspecified atom stereocenters. The van der Waals surface area contributed by atoms with Gasteiger partial charge in [0.1, 0.15) is 11.9 Å². The minimum atomic E-state index is 0.232. The topological polar surface area (TPSA) is 59.1 Å². The monoisotopic (exact) mass is 222 g/mol. The number of hydrogen-bond donors (Lipinski definition) is 2. The molecule has 88 valence electrons. The zero-order valence-corrected chi connectivity index (χ0v) is 9.57. The van der Waals surface area contributed by atoms with Crippen LogP contribution in [0.2, 0.25) is 0 Å². The van der Waals surface area contributed by atoms with Crippen molar-refractivity contribution >= 4 is 5.82 Å². The Morgan fingerprint density at radius 2 is 2.50 bits per heavy atom. The summed E-state index contributed by atoms with van der Waals surface area (Å²) in [6.07, 6.45) is 5.72. The molecule has 1 saturated heterocycles. The molecule has 1 aliphatic rings. The first-order chi connectivity index (χ1) is 7.88. The number of aromatic nitrogens is 2. The second-order valence-electron chi connectivity index (χ2n) is 3.90. The predicted octanol–water partition coefficient (Wildman–Crippen LogP) is 1.04. The largest absolute Gasteiger partial charge is 0.472 e. The van der Waals surface area contributed by atoms with Gasteiger partial charge in [0.05, 0.1) is 12.4 Å². The summed E-state index contributed by atoms with van der Waals surface area (Å²) in [5, 5.41) is 6.44. The number of ether oxygens (including phenoxy) is 1. The van der Waals surface area contributed by atoms with Gasteiger partial charge in [-0.25, -0.2) is 0 Å². The van der Waals surface area contributed by atoms with Gasteiger partial charge in [0, 0.05) is 13.1 Å². The van der Waals surface area contributed by atoms with E-state index in [1.807, 2.05) is 0 Å². The number of anilines is 1. The number of nitrogens with one attached hydrogen (secondary N) is 2. The Balaban J connectivity index is 1.92. The van der Waals surface area contributed by atoms with E-state index >= 15 is 0 Å². The first-order valence-electron chi connectivity index (χ1n) is 5.82. The molecule has 0 spiro atoms. The van der Waals surface area contributed by atoms with E-state index in [0.717, 1.165) is 38.3 Å². The van der Waals surface area contributed by atoms with Crippen LogP contribution < -0.4 is 15.4 Å². The van der Waals surface area contributed by atoms with Gasteiger partial charge in [-0.1, -0.05) is 6.92 Å². The summed E-state index contributed by atoms with van der Waals surface area (Å²) in [5.41, 5.74) is 0. The Bertz CT molecular complexity index is 326. The van der Waals surface area contributed by atoms with Crippen molar-refractivity contribution < 1.29 is 4.74 Å². The van der Waals surface area contributed by atoms with E-state index in [1.54, 1.807) is 12.4 Å². The maximum Gasteiger partial charge on any atom is 0.234 e. The molecule has 0 amide bonds. The summed E-state index contributed by atoms with van der Waals surface area (Å²) in [6, 6.07) is 0. The Morgan fingerprint density at radius 3 is 3.25 bits per heavy atom. The Kier molecular flexibility index (Phi) is 3.93. The number of rotatable bonds is 5. The lowest BCUT2D eigenvalue weighted by atomic mass is 10.3. The molecule has 0 saturated carbocycles. The number of hydrogen-bond acceptors (Lipinski definition) is 5. The SMILES string of the molecule is CCCNc1cncc(OC2CCNC2)n1. The molecule has 0 bridgehead atoms. The van der Waals surface area contributed by atoms with Crippen molar-refractivity contribution in [3.63, 3.8) is 0 Å². The zero-order valence-electron chi connectivity index (χ0n) is 9.57. The lowest BCUT2D eigenvalue weighted by molar-refractivity contribution is 0.213. The first kappa shape index (κ1) is 11.1. The molecule has 16 heavy (non-hydrogen) atoms. The molecular weight excluding hydrogens is 204 g/mol. The Labute approximate surface area is 95.6 Å². The minimum Gasteiger partial charge on any atom is -0.472 e. The van der Waals surface area contributed by atoms with E-state index in [4.69, 9.17) is 4.74 Å². The second kappa shape index (κ2) is 5.65. The van der Waals surface area contributed by atoms with Crippen molar-refractivity contribution in [2.75, 3.05) is 25.0 Å². The molecule has 1 fully saturated rings. The highest BCUT2D eigenvalue weighted by Gasteiger charge is 2.16. The van der Waals surface area contributed by atoms with Crippen molar-refractivity contribution in [3.05, 3.63) is 12.4 Å². The molecule has 1 aromatic rings. The van der Waals surface area contributed by atoms with Crippen LogP contribution in [0.5, 0.6) is 5.88 Å². The second-order valence-corrected chi connectivity index (χ2v) is 3.90. The van der Waals surface area contributed by atoms with Crippen LogP contribution in [0.4, 0.5) is 5.82 Å². The van der Waals surface area contributed by atoms with Gasteiger partial charge in [-0.3, -0.25) is 4.98 Å². The molecule has 1 aliphatic heterocycles. The average Bonchev–Trinajstić information content (AvgIpc) is 2.80. The Morgan fingerprint density at radius 1 is 1.56 bits per heavy atom.